The van der Waals surface area contributed by atoms with Gasteiger partial charge in [-0.05, 0) is 32.6 Å². The average Bonchev–Trinajstić information content (AvgIpc) is 2.42. The Labute approximate surface area is 119 Å². The molecule has 1 unspecified atom stereocenters. The van der Waals surface area contributed by atoms with Crippen LogP contribution in [-0.2, 0) is 9.53 Å². The maximum atomic E-state index is 12.1. The average molecular weight is 284 g/mol. The highest BCUT2D eigenvalue weighted by Gasteiger charge is 2.43. The summed E-state index contributed by atoms with van der Waals surface area (Å²) < 4.78 is 5.29. The van der Waals surface area contributed by atoms with Crippen LogP contribution in [-0.4, -0.2) is 53.8 Å². The Kier molecular flexibility index (Phi) is 6.51. The molecule has 6 heteroatoms. The van der Waals surface area contributed by atoms with Gasteiger partial charge in [-0.25, -0.2) is 9.59 Å². The van der Waals surface area contributed by atoms with Crippen LogP contribution in [0.5, 0.6) is 0 Å². The number of rotatable bonds is 7. The molecular formula is C14H24N2O4. The molecule has 1 fully saturated rings. The van der Waals surface area contributed by atoms with Crippen molar-refractivity contribution >= 4 is 12.0 Å². The highest BCUT2D eigenvalue weighted by atomic mass is 16.5. The second-order valence-corrected chi connectivity index (χ2v) is 5.11. The largest absolute Gasteiger partial charge is 0.480 e. The Morgan fingerprint density at radius 2 is 2.20 bits per heavy atom. The van der Waals surface area contributed by atoms with Gasteiger partial charge in [0.05, 0.1) is 13.2 Å². The first-order valence-electron chi connectivity index (χ1n) is 7.00. The molecule has 2 amide bonds. The summed E-state index contributed by atoms with van der Waals surface area (Å²) in [4.78, 5) is 24.9. The van der Waals surface area contributed by atoms with Crippen molar-refractivity contribution in [2.75, 3.05) is 26.3 Å². The minimum absolute atomic E-state index is 0.332. The van der Waals surface area contributed by atoms with Gasteiger partial charge >= 0.3 is 12.0 Å². The summed E-state index contributed by atoms with van der Waals surface area (Å²) >= 11 is 0. The second-order valence-electron chi connectivity index (χ2n) is 5.11. The lowest BCUT2D eigenvalue weighted by molar-refractivity contribution is -0.150. The number of carboxylic acids is 1. The molecule has 0 spiro atoms. The number of amides is 2. The summed E-state index contributed by atoms with van der Waals surface area (Å²) in [5.41, 5.74) is -1.11. The zero-order valence-corrected chi connectivity index (χ0v) is 12.1. The zero-order valence-electron chi connectivity index (χ0n) is 12.1. The topological polar surface area (TPSA) is 78.9 Å². The predicted octanol–water partition coefficient (Wildman–Crippen LogP) is 1.62. The van der Waals surface area contributed by atoms with Gasteiger partial charge in [0.25, 0.3) is 0 Å². The Morgan fingerprint density at radius 3 is 2.85 bits per heavy atom. The first-order valence-corrected chi connectivity index (χ1v) is 7.00. The van der Waals surface area contributed by atoms with E-state index in [9.17, 15) is 14.7 Å². The molecule has 0 aliphatic carbocycles. The number of carboxylic acid groups (broad SMARTS) is 1. The van der Waals surface area contributed by atoms with E-state index in [1.54, 1.807) is 13.0 Å². The third kappa shape index (κ3) is 4.23. The van der Waals surface area contributed by atoms with Crippen LogP contribution >= 0.6 is 0 Å². The number of carbonyl (C=O) groups excluding carboxylic acids is 1. The highest BCUT2D eigenvalue weighted by molar-refractivity contribution is 5.86. The maximum Gasteiger partial charge on any atom is 0.329 e. The summed E-state index contributed by atoms with van der Waals surface area (Å²) in [6.45, 7) is 7.04. The second kappa shape index (κ2) is 7.89. The molecule has 1 saturated heterocycles. The van der Waals surface area contributed by atoms with Gasteiger partial charge in [-0.1, -0.05) is 6.08 Å². The fraction of sp³-hybridized carbons (Fsp3) is 0.714. The third-order valence-electron chi connectivity index (χ3n) is 3.59. The van der Waals surface area contributed by atoms with E-state index in [-0.39, 0.29) is 6.03 Å². The number of likely N-dealkylation sites (tertiary alicyclic amines) is 1. The minimum Gasteiger partial charge on any atom is -0.480 e. The van der Waals surface area contributed by atoms with Crippen LogP contribution in [0.3, 0.4) is 0 Å². The van der Waals surface area contributed by atoms with Crippen molar-refractivity contribution in [1.29, 1.82) is 0 Å². The smallest absolute Gasteiger partial charge is 0.329 e. The van der Waals surface area contributed by atoms with Crippen molar-refractivity contribution in [1.82, 2.24) is 10.2 Å². The zero-order chi connectivity index (χ0) is 15.0. The van der Waals surface area contributed by atoms with Crippen LogP contribution in [0.4, 0.5) is 4.79 Å². The SMILES string of the molecule is C=CCCOCCNC(=O)N1CCCCC1(C)C(=O)O. The molecular weight excluding hydrogens is 260 g/mol. The molecule has 1 rings (SSSR count). The van der Waals surface area contributed by atoms with Gasteiger partial charge < -0.3 is 20.1 Å². The lowest BCUT2D eigenvalue weighted by atomic mass is 9.89. The van der Waals surface area contributed by atoms with Crippen LogP contribution in [0, 0.1) is 0 Å². The van der Waals surface area contributed by atoms with Crippen LogP contribution in [0.1, 0.15) is 32.6 Å². The molecule has 1 atom stereocenters. The molecule has 1 heterocycles. The lowest BCUT2D eigenvalue weighted by Gasteiger charge is -2.41. The highest BCUT2D eigenvalue weighted by Crippen LogP contribution is 2.28. The van der Waals surface area contributed by atoms with Gasteiger partial charge in [0.2, 0.25) is 0 Å². The first kappa shape index (κ1) is 16.5. The Hall–Kier alpha value is -1.56. The Bertz CT molecular complexity index is 359. The molecule has 0 saturated carbocycles. The molecule has 6 nitrogen and oxygen atoms in total. The molecule has 0 aromatic rings. The van der Waals surface area contributed by atoms with Gasteiger partial charge in [-0.15, -0.1) is 6.58 Å². The van der Waals surface area contributed by atoms with E-state index in [2.05, 4.69) is 11.9 Å². The Balaban J connectivity index is 2.40. The summed E-state index contributed by atoms with van der Waals surface area (Å²) in [6, 6.07) is -0.332. The van der Waals surface area contributed by atoms with E-state index in [0.29, 0.717) is 32.7 Å². The molecule has 0 radical (unpaired) electrons. The number of carbonyl (C=O) groups is 2. The molecule has 2 N–H and O–H groups in total. The molecule has 0 bridgehead atoms. The fourth-order valence-corrected chi connectivity index (χ4v) is 2.26. The number of aliphatic carboxylic acids is 1. The maximum absolute atomic E-state index is 12.1. The molecule has 0 aromatic carbocycles. The van der Waals surface area contributed by atoms with E-state index in [1.807, 2.05) is 0 Å². The van der Waals surface area contributed by atoms with Crippen LogP contribution < -0.4 is 5.32 Å². The van der Waals surface area contributed by atoms with Gasteiger partial charge in [0, 0.05) is 13.1 Å². The summed E-state index contributed by atoms with van der Waals surface area (Å²) in [6.07, 6.45) is 4.71. The normalized spacial score (nSPS) is 22.4. The molecule has 1 aliphatic heterocycles. The van der Waals surface area contributed by atoms with Crippen molar-refractivity contribution in [3.63, 3.8) is 0 Å². The van der Waals surface area contributed by atoms with E-state index in [4.69, 9.17) is 4.74 Å². The quantitative estimate of drug-likeness (QED) is 0.550. The fourth-order valence-electron chi connectivity index (χ4n) is 2.26. The van der Waals surface area contributed by atoms with E-state index in [0.717, 1.165) is 19.3 Å². The number of nitrogens with zero attached hydrogens (tertiary/aromatic N) is 1. The number of nitrogens with one attached hydrogen (secondary N) is 1. The standard InChI is InChI=1S/C14H24N2O4/c1-3-4-10-20-11-8-15-13(19)16-9-6-5-7-14(16,2)12(17)18/h3H,1,4-11H2,2H3,(H,15,19)(H,17,18). The number of hydrogen-bond donors (Lipinski definition) is 2. The summed E-state index contributed by atoms with van der Waals surface area (Å²) in [7, 11) is 0. The Morgan fingerprint density at radius 1 is 1.45 bits per heavy atom. The number of piperidine rings is 1. The van der Waals surface area contributed by atoms with Gasteiger partial charge in [-0.3, -0.25) is 0 Å². The van der Waals surface area contributed by atoms with Crippen LogP contribution in [0.15, 0.2) is 12.7 Å². The van der Waals surface area contributed by atoms with E-state index in [1.165, 1.54) is 4.90 Å². The van der Waals surface area contributed by atoms with Crippen molar-refractivity contribution in [2.24, 2.45) is 0 Å². The monoisotopic (exact) mass is 284 g/mol. The number of hydrogen-bond acceptors (Lipinski definition) is 3. The van der Waals surface area contributed by atoms with Gasteiger partial charge in [0.15, 0.2) is 0 Å². The van der Waals surface area contributed by atoms with Crippen molar-refractivity contribution in [3.05, 3.63) is 12.7 Å². The molecule has 114 valence electrons. The lowest BCUT2D eigenvalue weighted by Crippen LogP contribution is -2.60. The van der Waals surface area contributed by atoms with Crippen LogP contribution in [0.25, 0.3) is 0 Å². The van der Waals surface area contributed by atoms with Crippen molar-refractivity contribution < 1.29 is 19.4 Å². The predicted molar refractivity (Wildman–Crippen MR) is 75.6 cm³/mol. The van der Waals surface area contributed by atoms with E-state index >= 15 is 0 Å². The van der Waals surface area contributed by atoms with Crippen molar-refractivity contribution in [3.8, 4) is 0 Å². The van der Waals surface area contributed by atoms with Crippen LogP contribution in [0.2, 0.25) is 0 Å². The van der Waals surface area contributed by atoms with Crippen molar-refractivity contribution in [2.45, 2.75) is 38.1 Å². The third-order valence-corrected chi connectivity index (χ3v) is 3.59. The molecule has 0 aromatic heterocycles. The summed E-state index contributed by atoms with van der Waals surface area (Å²) in [5, 5.41) is 12.0. The van der Waals surface area contributed by atoms with Gasteiger partial charge in [0.1, 0.15) is 5.54 Å². The number of ether oxygens (including phenoxy) is 1. The molecule has 1 aliphatic rings. The number of urea groups is 1. The van der Waals surface area contributed by atoms with E-state index < -0.39 is 11.5 Å². The summed E-state index contributed by atoms with van der Waals surface area (Å²) in [5.74, 6) is -0.949. The van der Waals surface area contributed by atoms with Gasteiger partial charge in [-0.2, -0.15) is 0 Å². The minimum atomic E-state index is -1.11. The first-order chi connectivity index (χ1) is 9.52. The molecule has 20 heavy (non-hydrogen) atoms.